The normalized spacial score (nSPS) is 20.0. The monoisotopic (exact) mass is 329 g/mol. The first-order chi connectivity index (χ1) is 11.5. The minimum Gasteiger partial charge on any atom is -0.481 e. The number of aromatic nitrogens is 2. The van der Waals surface area contributed by atoms with Crippen molar-refractivity contribution >= 4 is 11.9 Å². The molecule has 0 radical (unpaired) electrons. The second-order valence-electron chi connectivity index (χ2n) is 6.14. The summed E-state index contributed by atoms with van der Waals surface area (Å²) in [6.07, 6.45) is 0.307. The topological polar surface area (TPSA) is 104 Å². The van der Waals surface area contributed by atoms with Crippen LogP contribution in [0.15, 0.2) is 30.3 Å². The van der Waals surface area contributed by atoms with Gasteiger partial charge in [0.1, 0.15) is 5.69 Å². The lowest BCUT2D eigenvalue weighted by Crippen LogP contribution is -2.50. The molecule has 1 aromatic heterocycles. The van der Waals surface area contributed by atoms with E-state index in [-0.39, 0.29) is 18.9 Å². The molecule has 1 fully saturated rings. The zero-order valence-corrected chi connectivity index (χ0v) is 13.3. The van der Waals surface area contributed by atoms with Crippen LogP contribution >= 0.6 is 0 Å². The molecule has 0 bridgehead atoms. The van der Waals surface area contributed by atoms with Crippen LogP contribution in [0.2, 0.25) is 0 Å². The molecule has 0 spiro atoms. The van der Waals surface area contributed by atoms with Gasteiger partial charge >= 0.3 is 5.97 Å². The van der Waals surface area contributed by atoms with E-state index in [1.54, 1.807) is 6.07 Å². The minimum absolute atomic E-state index is 0.169. The number of nitrogens with one attached hydrogen (secondary N) is 2. The summed E-state index contributed by atoms with van der Waals surface area (Å²) >= 11 is 0. The summed E-state index contributed by atoms with van der Waals surface area (Å²) in [5.41, 5.74) is 2.14. The maximum absolute atomic E-state index is 12.5. The Morgan fingerprint density at radius 1 is 1.38 bits per heavy atom. The molecule has 126 valence electrons. The largest absolute Gasteiger partial charge is 0.481 e. The molecule has 2 heterocycles. The van der Waals surface area contributed by atoms with Crippen molar-refractivity contribution in [3.8, 4) is 11.3 Å². The first-order valence-corrected chi connectivity index (χ1v) is 7.72. The van der Waals surface area contributed by atoms with Gasteiger partial charge in [-0.25, -0.2) is 0 Å². The Morgan fingerprint density at radius 2 is 2.12 bits per heavy atom. The van der Waals surface area contributed by atoms with Crippen molar-refractivity contribution in [3.63, 3.8) is 0 Å². The van der Waals surface area contributed by atoms with Gasteiger partial charge in [-0.15, -0.1) is 0 Å². The Bertz CT molecular complexity index is 745. The minimum atomic E-state index is -0.967. The molecule has 1 aromatic carbocycles. The van der Waals surface area contributed by atoms with Crippen molar-refractivity contribution in [2.75, 3.05) is 13.2 Å². The molecule has 7 nitrogen and oxygen atoms in total. The molecule has 0 saturated carbocycles. The molecule has 1 unspecified atom stereocenters. The summed E-state index contributed by atoms with van der Waals surface area (Å²) in [5, 5.41) is 18.7. The first-order valence-electron chi connectivity index (χ1n) is 7.72. The molecule has 0 aliphatic carbocycles. The summed E-state index contributed by atoms with van der Waals surface area (Å²) in [7, 11) is 0. The van der Waals surface area contributed by atoms with Crippen LogP contribution in [0.4, 0.5) is 0 Å². The van der Waals surface area contributed by atoms with Crippen LogP contribution in [-0.2, 0) is 9.53 Å². The van der Waals surface area contributed by atoms with Crippen molar-refractivity contribution in [1.82, 2.24) is 15.5 Å². The van der Waals surface area contributed by atoms with Gasteiger partial charge in [-0.05, 0) is 19.4 Å². The van der Waals surface area contributed by atoms with Crippen LogP contribution in [0.25, 0.3) is 11.3 Å². The van der Waals surface area contributed by atoms with Crippen LogP contribution < -0.4 is 5.32 Å². The fourth-order valence-corrected chi connectivity index (χ4v) is 2.80. The van der Waals surface area contributed by atoms with Crippen LogP contribution in [-0.4, -0.2) is 45.9 Å². The van der Waals surface area contributed by atoms with Gasteiger partial charge < -0.3 is 15.2 Å². The van der Waals surface area contributed by atoms with E-state index in [9.17, 15) is 9.59 Å². The third-order valence-electron chi connectivity index (χ3n) is 4.14. The number of rotatable bonds is 5. The zero-order valence-electron chi connectivity index (χ0n) is 13.3. The van der Waals surface area contributed by atoms with Crippen molar-refractivity contribution in [2.24, 2.45) is 0 Å². The number of hydrogen-bond acceptors (Lipinski definition) is 4. The Kier molecular flexibility index (Phi) is 4.35. The maximum atomic E-state index is 12.5. The van der Waals surface area contributed by atoms with Crippen molar-refractivity contribution in [3.05, 3.63) is 41.6 Å². The number of carboxylic acids is 1. The smallest absolute Gasteiger partial charge is 0.305 e. The van der Waals surface area contributed by atoms with Crippen LogP contribution in [0, 0.1) is 6.92 Å². The van der Waals surface area contributed by atoms with Gasteiger partial charge in [0.25, 0.3) is 5.91 Å². The number of nitrogens with zero attached hydrogens (tertiary/aromatic N) is 1. The molecule has 2 aromatic rings. The number of aliphatic carboxylic acids is 1. The maximum Gasteiger partial charge on any atom is 0.305 e. The summed E-state index contributed by atoms with van der Waals surface area (Å²) in [6.45, 7) is 2.63. The first kappa shape index (κ1) is 16.2. The molecule has 1 saturated heterocycles. The number of carbonyl (C=O) groups is 2. The van der Waals surface area contributed by atoms with E-state index in [1.807, 2.05) is 31.2 Å². The number of aromatic amines is 1. The van der Waals surface area contributed by atoms with Crippen molar-refractivity contribution in [1.29, 1.82) is 0 Å². The fraction of sp³-hybridized carbons (Fsp3) is 0.353. The Balaban J connectivity index is 1.75. The second kappa shape index (κ2) is 6.45. The molecular formula is C17H19N3O4. The molecule has 1 atom stereocenters. The molecule has 3 N–H and O–H groups in total. The molecule has 1 aliphatic rings. The van der Waals surface area contributed by atoms with Gasteiger partial charge in [0.2, 0.25) is 0 Å². The Morgan fingerprint density at radius 3 is 2.75 bits per heavy atom. The van der Waals surface area contributed by atoms with Crippen LogP contribution in [0.1, 0.15) is 28.9 Å². The van der Waals surface area contributed by atoms with Gasteiger partial charge in [-0.3, -0.25) is 14.7 Å². The third kappa shape index (κ3) is 3.46. The number of carbonyl (C=O) groups excluding carboxylic acids is 1. The van der Waals surface area contributed by atoms with Crippen LogP contribution in [0.3, 0.4) is 0 Å². The molecule has 7 heteroatoms. The number of H-pyrrole nitrogens is 1. The summed E-state index contributed by atoms with van der Waals surface area (Å²) in [5.74, 6) is -1.35. The van der Waals surface area contributed by atoms with Crippen molar-refractivity contribution < 1.29 is 19.4 Å². The van der Waals surface area contributed by atoms with Gasteiger partial charge in [0.05, 0.1) is 24.3 Å². The predicted molar refractivity (Wildman–Crippen MR) is 86.6 cm³/mol. The number of benzene rings is 1. The van der Waals surface area contributed by atoms with E-state index in [1.165, 1.54) is 0 Å². The summed E-state index contributed by atoms with van der Waals surface area (Å²) in [4.78, 5) is 23.5. The van der Waals surface area contributed by atoms with E-state index in [0.29, 0.717) is 24.4 Å². The van der Waals surface area contributed by atoms with Gasteiger partial charge in [0.15, 0.2) is 0 Å². The van der Waals surface area contributed by atoms with Gasteiger partial charge in [-0.1, -0.05) is 29.8 Å². The lowest BCUT2D eigenvalue weighted by Gasteiger charge is -2.26. The number of amides is 1. The highest BCUT2D eigenvalue weighted by molar-refractivity contribution is 5.94. The number of carboxylic acid groups (broad SMARTS) is 1. The molecule has 1 aliphatic heterocycles. The molecule has 24 heavy (non-hydrogen) atoms. The molecular weight excluding hydrogens is 310 g/mol. The summed E-state index contributed by atoms with van der Waals surface area (Å²) < 4.78 is 5.28. The molecule has 1 amide bonds. The van der Waals surface area contributed by atoms with E-state index in [2.05, 4.69) is 15.5 Å². The highest BCUT2D eigenvalue weighted by Crippen LogP contribution is 2.24. The van der Waals surface area contributed by atoms with Gasteiger partial charge in [0, 0.05) is 12.2 Å². The average Bonchev–Trinajstić information content (AvgIpc) is 3.17. The number of ether oxygens (including phenoxy) is 1. The highest BCUT2D eigenvalue weighted by Gasteiger charge is 2.39. The lowest BCUT2D eigenvalue weighted by atomic mass is 9.94. The van der Waals surface area contributed by atoms with E-state index in [4.69, 9.17) is 9.84 Å². The quantitative estimate of drug-likeness (QED) is 0.775. The SMILES string of the molecule is Cc1ccc(-c2cc(C(=O)NC3(CC(=O)O)CCOC3)[nH]n2)cc1. The number of hydrogen-bond donors (Lipinski definition) is 3. The van der Waals surface area contributed by atoms with Crippen LogP contribution in [0.5, 0.6) is 0 Å². The van der Waals surface area contributed by atoms with E-state index < -0.39 is 11.5 Å². The highest BCUT2D eigenvalue weighted by atomic mass is 16.5. The van der Waals surface area contributed by atoms with Crippen molar-refractivity contribution in [2.45, 2.75) is 25.3 Å². The summed E-state index contributed by atoms with van der Waals surface area (Å²) in [6, 6.07) is 9.47. The average molecular weight is 329 g/mol. The molecule has 3 rings (SSSR count). The third-order valence-corrected chi connectivity index (χ3v) is 4.14. The van der Waals surface area contributed by atoms with Gasteiger partial charge in [-0.2, -0.15) is 5.10 Å². The second-order valence-corrected chi connectivity index (χ2v) is 6.14. The number of aryl methyl sites for hydroxylation is 1. The standard InChI is InChI=1S/C17H19N3O4/c1-11-2-4-12(5-3-11)13-8-14(20-19-13)16(23)18-17(9-15(21)22)6-7-24-10-17/h2-5,8H,6-7,9-10H2,1H3,(H,18,23)(H,19,20)(H,21,22). The fourth-order valence-electron chi connectivity index (χ4n) is 2.80. The Labute approximate surface area is 139 Å². The van der Waals surface area contributed by atoms with E-state index in [0.717, 1.165) is 11.1 Å². The predicted octanol–water partition coefficient (Wildman–Crippen LogP) is 1.75. The lowest BCUT2D eigenvalue weighted by molar-refractivity contribution is -0.138. The Hall–Kier alpha value is -2.67. The zero-order chi connectivity index (χ0) is 17.2. The van der Waals surface area contributed by atoms with E-state index >= 15 is 0 Å².